The van der Waals surface area contributed by atoms with Crippen LogP contribution in [0.3, 0.4) is 0 Å². The van der Waals surface area contributed by atoms with E-state index in [0.29, 0.717) is 23.1 Å². The first-order chi connectivity index (χ1) is 9.61. The Morgan fingerprint density at radius 3 is 3.00 bits per heavy atom. The predicted molar refractivity (Wildman–Crippen MR) is 72.4 cm³/mol. The summed E-state index contributed by atoms with van der Waals surface area (Å²) in [5.74, 6) is 0.334. The Labute approximate surface area is 120 Å². The van der Waals surface area contributed by atoms with Gasteiger partial charge < -0.3 is 10.5 Å². The smallest absolute Gasteiger partial charge is 0.252 e. The van der Waals surface area contributed by atoms with Crippen LogP contribution < -0.4 is 10.5 Å². The molecule has 0 spiro atoms. The molecule has 1 amide bonds. The van der Waals surface area contributed by atoms with Gasteiger partial charge in [-0.25, -0.2) is 4.68 Å². The molecule has 0 aliphatic rings. The molecule has 0 fully saturated rings. The maximum atomic E-state index is 11.3. The largest absolute Gasteiger partial charge is 0.485 e. The number of carbonyl (C=O) groups is 1. The first-order valence-corrected chi connectivity index (χ1v) is 6.46. The normalized spacial score (nSPS) is 10.5. The van der Waals surface area contributed by atoms with E-state index in [9.17, 15) is 4.79 Å². The van der Waals surface area contributed by atoms with Gasteiger partial charge in [-0.05, 0) is 35.0 Å². The third kappa shape index (κ3) is 3.24. The molecule has 2 rings (SSSR count). The lowest BCUT2D eigenvalue weighted by molar-refractivity contribution is 0.0995. The van der Waals surface area contributed by atoms with Crippen molar-refractivity contribution < 1.29 is 9.53 Å². The van der Waals surface area contributed by atoms with Gasteiger partial charge in [-0.15, -0.1) is 5.10 Å². The summed E-state index contributed by atoms with van der Waals surface area (Å²) in [7, 11) is 0. The third-order valence-corrected chi connectivity index (χ3v) is 2.84. The van der Waals surface area contributed by atoms with Crippen LogP contribution in [0.15, 0.2) is 18.2 Å². The van der Waals surface area contributed by atoms with Crippen molar-refractivity contribution in [1.29, 1.82) is 0 Å². The van der Waals surface area contributed by atoms with Crippen LogP contribution in [-0.2, 0) is 13.2 Å². The van der Waals surface area contributed by atoms with Crippen molar-refractivity contribution in [2.45, 2.75) is 26.5 Å². The maximum Gasteiger partial charge on any atom is 0.252 e. The molecule has 7 nitrogen and oxygen atoms in total. The molecule has 0 bridgehead atoms. The Bertz CT molecular complexity index is 614. The summed E-state index contributed by atoms with van der Waals surface area (Å²) >= 11 is 5.83. The molecular weight excluding hydrogens is 282 g/mol. The van der Waals surface area contributed by atoms with Gasteiger partial charge in [-0.2, -0.15) is 0 Å². The van der Waals surface area contributed by atoms with Crippen molar-refractivity contribution >= 4 is 17.5 Å². The Morgan fingerprint density at radius 2 is 2.30 bits per heavy atom. The minimum absolute atomic E-state index is 0.148. The van der Waals surface area contributed by atoms with Gasteiger partial charge in [0, 0.05) is 11.6 Å². The van der Waals surface area contributed by atoms with E-state index in [0.717, 1.165) is 6.42 Å². The summed E-state index contributed by atoms with van der Waals surface area (Å²) in [5.41, 5.74) is 5.52. The topological polar surface area (TPSA) is 95.9 Å². The second-order valence-corrected chi connectivity index (χ2v) is 4.55. The van der Waals surface area contributed by atoms with Crippen LogP contribution in [0.1, 0.15) is 29.5 Å². The molecule has 1 aromatic carbocycles. The van der Waals surface area contributed by atoms with E-state index in [4.69, 9.17) is 22.1 Å². The average molecular weight is 296 g/mol. The quantitative estimate of drug-likeness (QED) is 0.869. The summed E-state index contributed by atoms with van der Waals surface area (Å²) < 4.78 is 7.21. The molecule has 0 saturated heterocycles. The van der Waals surface area contributed by atoms with Crippen LogP contribution in [0.5, 0.6) is 5.75 Å². The van der Waals surface area contributed by atoms with Gasteiger partial charge in [0.2, 0.25) is 0 Å². The number of tetrazole rings is 1. The fourth-order valence-corrected chi connectivity index (χ4v) is 1.85. The average Bonchev–Trinajstić information content (AvgIpc) is 2.85. The Kier molecular flexibility index (Phi) is 4.52. The molecule has 8 heteroatoms. The first kappa shape index (κ1) is 14.3. The van der Waals surface area contributed by atoms with E-state index in [2.05, 4.69) is 15.5 Å². The summed E-state index contributed by atoms with van der Waals surface area (Å²) in [5, 5.41) is 11.7. The van der Waals surface area contributed by atoms with Crippen LogP contribution in [0.2, 0.25) is 5.02 Å². The second-order valence-electron chi connectivity index (χ2n) is 4.11. The molecule has 2 N–H and O–H groups in total. The molecule has 2 aromatic rings. The highest BCUT2D eigenvalue weighted by atomic mass is 35.5. The number of ether oxygens (including phenoxy) is 1. The zero-order chi connectivity index (χ0) is 14.5. The number of amides is 1. The van der Waals surface area contributed by atoms with Crippen LogP contribution in [0.4, 0.5) is 0 Å². The lowest BCUT2D eigenvalue weighted by Gasteiger charge is -2.09. The van der Waals surface area contributed by atoms with Gasteiger partial charge in [0.15, 0.2) is 5.82 Å². The highest BCUT2D eigenvalue weighted by molar-refractivity contribution is 6.31. The fraction of sp³-hybridized carbons (Fsp3) is 0.333. The lowest BCUT2D eigenvalue weighted by Crippen LogP contribution is -2.14. The van der Waals surface area contributed by atoms with Crippen LogP contribution in [0.25, 0.3) is 0 Å². The number of aromatic nitrogens is 4. The molecule has 0 aliphatic heterocycles. The van der Waals surface area contributed by atoms with Crippen molar-refractivity contribution in [3.63, 3.8) is 0 Å². The molecule has 0 aliphatic carbocycles. The summed E-state index contributed by atoms with van der Waals surface area (Å²) in [6.45, 7) is 2.88. The van der Waals surface area contributed by atoms with Gasteiger partial charge in [0.1, 0.15) is 12.4 Å². The fourth-order valence-electron chi connectivity index (χ4n) is 1.68. The lowest BCUT2D eigenvalue weighted by atomic mass is 10.2. The molecule has 106 valence electrons. The highest BCUT2D eigenvalue weighted by Gasteiger charge is 2.12. The second kappa shape index (κ2) is 6.33. The van der Waals surface area contributed by atoms with Crippen molar-refractivity contribution in [1.82, 2.24) is 20.2 Å². The van der Waals surface area contributed by atoms with E-state index >= 15 is 0 Å². The molecular formula is C12H14ClN5O2. The predicted octanol–water partition coefficient (Wildman–Crippen LogP) is 1.41. The van der Waals surface area contributed by atoms with Crippen molar-refractivity contribution in [2.75, 3.05) is 0 Å². The minimum atomic E-state index is -0.601. The third-order valence-electron chi connectivity index (χ3n) is 2.61. The van der Waals surface area contributed by atoms with Gasteiger partial charge in [-0.3, -0.25) is 4.79 Å². The molecule has 20 heavy (non-hydrogen) atoms. The zero-order valence-corrected chi connectivity index (χ0v) is 11.7. The number of halogens is 1. The van der Waals surface area contributed by atoms with Crippen LogP contribution in [0, 0.1) is 0 Å². The number of nitrogens with two attached hydrogens (primary N) is 1. The molecule has 0 radical (unpaired) electrons. The Hall–Kier alpha value is -2.15. The first-order valence-electron chi connectivity index (χ1n) is 6.09. The molecule has 0 unspecified atom stereocenters. The number of benzene rings is 1. The van der Waals surface area contributed by atoms with Crippen LogP contribution >= 0.6 is 11.6 Å². The van der Waals surface area contributed by atoms with E-state index in [1.54, 1.807) is 16.8 Å². The van der Waals surface area contributed by atoms with E-state index < -0.39 is 5.91 Å². The minimum Gasteiger partial charge on any atom is -0.485 e. The van der Waals surface area contributed by atoms with Gasteiger partial charge in [0.25, 0.3) is 5.91 Å². The monoisotopic (exact) mass is 295 g/mol. The Morgan fingerprint density at radius 1 is 1.50 bits per heavy atom. The zero-order valence-electron chi connectivity index (χ0n) is 10.9. The molecule has 1 heterocycles. The Balaban J connectivity index is 2.14. The summed E-state index contributed by atoms with van der Waals surface area (Å²) in [6.07, 6.45) is 0.908. The van der Waals surface area contributed by atoms with Crippen molar-refractivity contribution in [3.8, 4) is 5.75 Å². The summed E-state index contributed by atoms with van der Waals surface area (Å²) in [6, 6.07) is 4.68. The SMILES string of the molecule is CCCn1nnnc1COc1ccc(Cl)cc1C(N)=O. The maximum absolute atomic E-state index is 11.3. The number of aryl methyl sites for hydroxylation is 1. The number of nitrogens with zero attached hydrogens (tertiary/aromatic N) is 4. The van der Waals surface area contributed by atoms with Gasteiger partial charge >= 0.3 is 0 Å². The molecule has 0 atom stereocenters. The van der Waals surface area contributed by atoms with E-state index in [1.165, 1.54) is 6.07 Å². The van der Waals surface area contributed by atoms with E-state index in [-0.39, 0.29) is 12.2 Å². The number of primary amides is 1. The number of hydrogen-bond acceptors (Lipinski definition) is 5. The molecule has 1 aromatic heterocycles. The highest BCUT2D eigenvalue weighted by Crippen LogP contribution is 2.23. The number of rotatable bonds is 6. The number of carbonyl (C=O) groups excluding carboxylic acids is 1. The summed E-state index contributed by atoms with van der Waals surface area (Å²) in [4.78, 5) is 11.3. The van der Waals surface area contributed by atoms with Crippen molar-refractivity contribution in [3.05, 3.63) is 34.6 Å². The van der Waals surface area contributed by atoms with Crippen LogP contribution in [-0.4, -0.2) is 26.1 Å². The van der Waals surface area contributed by atoms with Crippen molar-refractivity contribution in [2.24, 2.45) is 5.73 Å². The van der Waals surface area contributed by atoms with E-state index in [1.807, 2.05) is 6.92 Å². The molecule has 0 saturated carbocycles. The number of hydrogen-bond donors (Lipinski definition) is 1. The van der Waals surface area contributed by atoms with Gasteiger partial charge in [0.05, 0.1) is 5.56 Å². The standard InChI is InChI=1S/C12H14ClN5O2/c1-2-5-18-11(15-16-17-18)7-20-10-4-3-8(13)6-9(10)12(14)19/h3-4,6H,2,5,7H2,1H3,(H2,14,19). The van der Waals surface area contributed by atoms with Gasteiger partial charge in [-0.1, -0.05) is 18.5 Å².